The van der Waals surface area contributed by atoms with E-state index in [1.807, 2.05) is 0 Å². The Morgan fingerprint density at radius 3 is 1.94 bits per heavy atom. The van der Waals surface area contributed by atoms with Crippen molar-refractivity contribution in [2.75, 3.05) is 6.61 Å². The van der Waals surface area contributed by atoms with Crippen LogP contribution >= 0.6 is 15.2 Å². The topological polar surface area (TPSA) is 130 Å². The van der Waals surface area contributed by atoms with Crippen LogP contribution in [-0.2, 0) is 13.9 Å². The molecule has 11 heteroatoms. The third-order valence-corrected chi connectivity index (χ3v) is 4.49. The minimum Gasteiger partial charge on any atom is -0.808 e. The molecule has 0 heterocycles. The molecule has 0 aromatic heterocycles. The molecule has 2 N–H and O–H groups in total. The van der Waals surface area contributed by atoms with Gasteiger partial charge in [-0.1, -0.05) is 13.3 Å². The molecule has 0 fully saturated rings. The van der Waals surface area contributed by atoms with Crippen LogP contribution in [0.15, 0.2) is 0 Å². The van der Waals surface area contributed by atoms with E-state index < -0.39 is 20.8 Å². The summed E-state index contributed by atoms with van der Waals surface area (Å²) in [5.74, 6) is 0. The maximum atomic E-state index is 10.6. The Bertz CT molecular complexity index is 240. The standard InChI is InChI=1S/C5H14O7P2.2Na/c1-2-3-4-12-5(13(6,7)8)14(9,10)11;;/h5H,2-4H2,1H3,(H2,6,7,8)(H2,9,10,11);;/q;2*+1/p-2. The van der Waals surface area contributed by atoms with Crippen LogP contribution in [-0.4, -0.2) is 22.0 Å². The van der Waals surface area contributed by atoms with Gasteiger partial charge in [-0.3, -0.25) is 4.57 Å². The summed E-state index contributed by atoms with van der Waals surface area (Å²) in [6, 6.07) is 0. The number of hydrogen-bond donors (Lipinski definition) is 2. The Labute approximate surface area is 138 Å². The summed E-state index contributed by atoms with van der Waals surface area (Å²) in [6.45, 7) is 1.62. The van der Waals surface area contributed by atoms with Crippen molar-refractivity contribution in [1.29, 1.82) is 0 Å². The summed E-state index contributed by atoms with van der Waals surface area (Å²) in [7, 11) is -10.5. The molecule has 7 nitrogen and oxygen atoms in total. The maximum absolute atomic E-state index is 10.6. The zero-order chi connectivity index (χ0) is 11.4. The van der Waals surface area contributed by atoms with Gasteiger partial charge in [0.1, 0.15) is 0 Å². The van der Waals surface area contributed by atoms with Crippen LogP contribution in [0.3, 0.4) is 0 Å². The molecule has 0 amide bonds. The van der Waals surface area contributed by atoms with Crippen molar-refractivity contribution in [3.63, 3.8) is 0 Å². The van der Waals surface area contributed by atoms with Gasteiger partial charge in [0.15, 0.2) is 5.59 Å². The summed E-state index contributed by atoms with van der Waals surface area (Å²) in [6.07, 6.45) is 1.09. The first-order valence-electron chi connectivity index (χ1n) is 3.88. The van der Waals surface area contributed by atoms with E-state index in [0.717, 1.165) is 0 Å². The van der Waals surface area contributed by atoms with Crippen molar-refractivity contribution < 1.29 is 92.6 Å². The molecule has 86 valence electrons. The number of ether oxygens (including phenoxy) is 1. The van der Waals surface area contributed by atoms with Gasteiger partial charge in [-0.05, 0) is 14.0 Å². The smallest absolute Gasteiger partial charge is 0.808 e. The summed E-state index contributed by atoms with van der Waals surface area (Å²) in [5.41, 5.74) is -2.55. The van der Waals surface area contributed by atoms with Crippen molar-refractivity contribution in [2.24, 2.45) is 0 Å². The molecule has 0 radical (unpaired) electrons. The Morgan fingerprint density at radius 1 is 1.25 bits per heavy atom. The molecule has 0 aromatic carbocycles. The van der Waals surface area contributed by atoms with Crippen LogP contribution in [0, 0.1) is 0 Å². The summed E-state index contributed by atoms with van der Waals surface area (Å²) < 4.78 is 25.4. The van der Waals surface area contributed by atoms with Gasteiger partial charge in [0, 0.05) is 6.61 Å². The van der Waals surface area contributed by atoms with Crippen molar-refractivity contribution in [1.82, 2.24) is 0 Å². The van der Waals surface area contributed by atoms with E-state index >= 15 is 0 Å². The second-order valence-corrected chi connectivity index (χ2v) is 6.28. The quantitative estimate of drug-likeness (QED) is 0.283. The minimum absolute atomic E-state index is 0. The molecular weight excluding hydrogens is 280 g/mol. The molecule has 0 aliphatic rings. The van der Waals surface area contributed by atoms with Gasteiger partial charge in [-0.15, -0.1) is 0 Å². The third-order valence-electron chi connectivity index (χ3n) is 1.32. The largest absolute Gasteiger partial charge is 1.00 e. The molecule has 0 aliphatic carbocycles. The van der Waals surface area contributed by atoms with E-state index in [9.17, 15) is 18.9 Å². The zero-order valence-corrected chi connectivity index (χ0v) is 15.3. The molecule has 16 heavy (non-hydrogen) atoms. The average molecular weight is 292 g/mol. The molecule has 0 rings (SSSR count). The van der Waals surface area contributed by atoms with E-state index in [1.165, 1.54) is 0 Å². The molecular formula is C5H12Na2O7P2. The number of unbranched alkanes of at least 4 members (excludes halogenated alkanes) is 1. The maximum Gasteiger partial charge on any atom is 1.00 e. The van der Waals surface area contributed by atoms with Gasteiger partial charge in [0.25, 0.3) is 0 Å². The van der Waals surface area contributed by atoms with Gasteiger partial charge >= 0.3 is 66.7 Å². The first-order chi connectivity index (χ1) is 6.19. The van der Waals surface area contributed by atoms with Gasteiger partial charge in [-0.25, -0.2) is 0 Å². The first-order valence-corrected chi connectivity index (χ1v) is 7.17. The zero-order valence-electron chi connectivity index (χ0n) is 9.53. The molecule has 0 saturated heterocycles. The summed E-state index contributed by atoms with van der Waals surface area (Å²) >= 11 is 0. The number of hydrogen-bond acceptors (Lipinski definition) is 5. The predicted octanol–water partition coefficient (Wildman–Crippen LogP) is -6.81. The van der Waals surface area contributed by atoms with Gasteiger partial charge in [0.2, 0.25) is 0 Å². The van der Waals surface area contributed by atoms with Crippen LogP contribution in [0.1, 0.15) is 19.8 Å². The molecule has 0 aromatic rings. The van der Waals surface area contributed by atoms with Crippen molar-refractivity contribution >= 4 is 15.2 Å². The van der Waals surface area contributed by atoms with Crippen LogP contribution in [0.25, 0.3) is 0 Å². The second-order valence-electron chi connectivity index (χ2n) is 2.68. The first kappa shape index (κ1) is 23.4. The minimum atomic E-state index is -5.42. The van der Waals surface area contributed by atoms with Crippen molar-refractivity contribution in [3.05, 3.63) is 0 Å². The van der Waals surface area contributed by atoms with Gasteiger partial charge < -0.3 is 28.9 Å². The van der Waals surface area contributed by atoms with Crippen LogP contribution < -0.4 is 68.9 Å². The molecule has 0 aliphatic heterocycles. The third kappa shape index (κ3) is 10.2. The fraction of sp³-hybridized carbons (Fsp3) is 1.00. The van der Waals surface area contributed by atoms with E-state index in [-0.39, 0.29) is 65.7 Å². The second kappa shape index (κ2) is 10.1. The van der Waals surface area contributed by atoms with Crippen molar-refractivity contribution in [2.45, 2.75) is 25.4 Å². The molecule has 0 spiro atoms. The van der Waals surface area contributed by atoms with Crippen LogP contribution in [0.5, 0.6) is 0 Å². The van der Waals surface area contributed by atoms with E-state index in [1.54, 1.807) is 6.92 Å². The summed E-state index contributed by atoms with van der Waals surface area (Å²) in [5, 5.41) is 0. The fourth-order valence-corrected chi connectivity index (χ4v) is 2.77. The molecule has 0 saturated carbocycles. The fourth-order valence-electron chi connectivity index (χ4n) is 0.706. The average Bonchev–Trinajstić information content (AvgIpc) is 1.92. The molecule has 1 unspecified atom stereocenters. The Hall–Kier alpha value is 2.26. The van der Waals surface area contributed by atoms with E-state index in [4.69, 9.17) is 9.79 Å². The molecule has 0 bridgehead atoms. The van der Waals surface area contributed by atoms with Crippen LogP contribution in [0.4, 0.5) is 0 Å². The van der Waals surface area contributed by atoms with E-state index in [2.05, 4.69) is 4.74 Å². The predicted molar refractivity (Wildman–Crippen MR) is 44.3 cm³/mol. The van der Waals surface area contributed by atoms with Gasteiger partial charge in [0.05, 0.1) is 0 Å². The van der Waals surface area contributed by atoms with Crippen molar-refractivity contribution in [3.8, 4) is 0 Å². The van der Waals surface area contributed by atoms with Gasteiger partial charge in [-0.2, -0.15) is 0 Å². The number of rotatable bonds is 6. The van der Waals surface area contributed by atoms with Crippen LogP contribution in [0.2, 0.25) is 0 Å². The Kier molecular flexibility index (Phi) is 14.7. The SMILES string of the molecule is CCCCOC(P(=O)([O-])[O-])P(=O)(O)O.[Na+].[Na+]. The normalized spacial score (nSPS) is 13.6. The monoisotopic (exact) mass is 292 g/mol. The summed E-state index contributed by atoms with van der Waals surface area (Å²) in [4.78, 5) is 37.9. The Balaban J connectivity index is -0.000000845. The van der Waals surface area contributed by atoms with E-state index in [0.29, 0.717) is 12.8 Å². The Morgan fingerprint density at radius 2 is 1.69 bits per heavy atom. The molecule has 1 atom stereocenters.